The molecule has 9 heteroatoms. The highest BCUT2D eigenvalue weighted by Crippen LogP contribution is 2.43. The predicted octanol–water partition coefficient (Wildman–Crippen LogP) is 4.70. The van der Waals surface area contributed by atoms with E-state index in [2.05, 4.69) is 10.3 Å². The van der Waals surface area contributed by atoms with Crippen LogP contribution >= 0.6 is 11.3 Å². The molecule has 0 saturated carbocycles. The number of pyridine rings is 1. The fraction of sp³-hybridized carbons (Fsp3) is 0.250. The molecule has 8 nitrogen and oxygen atoms in total. The fourth-order valence-electron chi connectivity index (χ4n) is 4.11. The highest BCUT2D eigenvalue weighted by molar-refractivity contribution is 7.17. The Morgan fingerprint density at radius 1 is 1.24 bits per heavy atom. The summed E-state index contributed by atoms with van der Waals surface area (Å²) in [6.45, 7) is 3.34. The van der Waals surface area contributed by atoms with E-state index in [0.29, 0.717) is 17.0 Å². The first kappa shape index (κ1) is 22.6. The topological polar surface area (TPSA) is 104 Å². The second-order valence-corrected chi connectivity index (χ2v) is 8.57. The lowest BCUT2D eigenvalue weighted by atomic mass is 9.84. The molecule has 1 aliphatic rings. The lowest BCUT2D eigenvalue weighted by Gasteiger charge is -2.26. The summed E-state index contributed by atoms with van der Waals surface area (Å²) >= 11 is 1.46. The molecule has 0 fully saturated rings. The summed E-state index contributed by atoms with van der Waals surface area (Å²) in [5, 5.41) is 17.7. The number of fused-ring (bicyclic) bond motifs is 1. The summed E-state index contributed by atoms with van der Waals surface area (Å²) in [7, 11) is 1.54. The third kappa shape index (κ3) is 4.37. The Morgan fingerprint density at radius 2 is 2.00 bits per heavy atom. The van der Waals surface area contributed by atoms with Gasteiger partial charge in [0.25, 0.3) is 5.70 Å². The van der Waals surface area contributed by atoms with Gasteiger partial charge in [-0.15, -0.1) is 11.3 Å². The summed E-state index contributed by atoms with van der Waals surface area (Å²) in [4.78, 5) is 29.2. The number of dihydropyridines is 1. The lowest BCUT2D eigenvalue weighted by Crippen LogP contribution is -2.32. The number of carbonyl (C=O) groups is 1. The molecule has 0 bridgehead atoms. The van der Waals surface area contributed by atoms with E-state index in [0.717, 1.165) is 15.6 Å². The average molecular weight is 466 g/mol. The van der Waals surface area contributed by atoms with Gasteiger partial charge in [-0.3, -0.25) is 15.1 Å². The maximum atomic E-state index is 13.3. The van der Waals surface area contributed by atoms with Crippen molar-refractivity contribution in [3.63, 3.8) is 0 Å². The number of methoxy groups -OCH3 is 1. The second-order valence-electron chi connectivity index (χ2n) is 7.66. The van der Waals surface area contributed by atoms with E-state index in [1.807, 2.05) is 41.8 Å². The SMILES string of the molecule is COC(COC(=O)C1=C(C)NC(C)=C([N+](=O)[O-])C1c1csc2ccncc12)c1ccccc1. The molecule has 2 unspecified atom stereocenters. The Morgan fingerprint density at radius 3 is 2.70 bits per heavy atom. The average Bonchev–Trinajstić information content (AvgIpc) is 3.23. The Hall–Kier alpha value is -3.56. The smallest absolute Gasteiger partial charge is 0.337 e. The van der Waals surface area contributed by atoms with Gasteiger partial charge in [0, 0.05) is 35.3 Å². The van der Waals surface area contributed by atoms with Crippen LogP contribution in [0.25, 0.3) is 10.1 Å². The minimum Gasteiger partial charge on any atom is -0.459 e. The zero-order chi connectivity index (χ0) is 23.5. The first-order valence-corrected chi connectivity index (χ1v) is 11.2. The number of hydrogen-bond donors (Lipinski definition) is 1. The molecule has 1 N–H and O–H groups in total. The number of thiophene rings is 1. The Balaban J connectivity index is 1.71. The quantitative estimate of drug-likeness (QED) is 0.306. The summed E-state index contributed by atoms with van der Waals surface area (Å²) < 4.78 is 12.1. The molecule has 0 amide bonds. The van der Waals surface area contributed by atoms with Crippen LogP contribution in [0.1, 0.15) is 37.0 Å². The molecule has 1 aliphatic heterocycles. The maximum Gasteiger partial charge on any atom is 0.337 e. The molecule has 1 aromatic carbocycles. The monoisotopic (exact) mass is 465 g/mol. The minimum absolute atomic E-state index is 0.0225. The van der Waals surface area contributed by atoms with Crippen LogP contribution in [-0.2, 0) is 14.3 Å². The number of carbonyl (C=O) groups excluding carboxylic acids is 1. The number of esters is 1. The van der Waals surface area contributed by atoms with Gasteiger partial charge in [0.05, 0.1) is 16.2 Å². The number of allylic oxidation sites excluding steroid dienone is 3. The van der Waals surface area contributed by atoms with Gasteiger partial charge in [-0.2, -0.15) is 0 Å². The van der Waals surface area contributed by atoms with Gasteiger partial charge < -0.3 is 14.8 Å². The largest absolute Gasteiger partial charge is 0.459 e. The summed E-state index contributed by atoms with van der Waals surface area (Å²) in [5.41, 5.74) is 2.56. The van der Waals surface area contributed by atoms with E-state index in [9.17, 15) is 14.9 Å². The number of nitro groups is 1. The van der Waals surface area contributed by atoms with Crippen molar-refractivity contribution in [3.8, 4) is 0 Å². The van der Waals surface area contributed by atoms with Gasteiger partial charge in [0.2, 0.25) is 0 Å². The van der Waals surface area contributed by atoms with Crippen LogP contribution in [-0.4, -0.2) is 29.6 Å². The predicted molar refractivity (Wildman–Crippen MR) is 125 cm³/mol. The van der Waals surface area contributed by atoms with Gasteiger partial charge in [0.15, 0.2) is 0 Å². The number of nitrogens with zero attached hydrogens (tertiary/aromatic N) is 2. The number of hydrogen-bond acceptors (Lipinski definition) is 8. The summed E-state index contributed by atoms with van der Waals surface area (Å²) in [6, 6.07) is 11.3. The molecule has 2 atom stereocenters. The molecule has 0 radical (unpaired) electrons. The third-order valence-corrected chi connectivity index (χ3v) is 6.66. The van der Waals surface area contributed by atoms with E-state index in [1.165, 1.54) is 11.3 Å². The van der Waals surface area contributed by atoms with Crippen LogP contribution in [0, 0.1) is 10.1 Å². The van der Waals surface area contributed by atoms with E-state index in [1.54, 1.807) is 33.4 Å². The Bertz CT molecular complexity index is 1270. The highest BCUT2D eigenvalue weighted by Gasteiger charge is 2.42. The molecule has 170 valence electrons. The molecule has 3 aromatic rings. The van der Waals surface area contributed by atoms with Crippen molar-refractivity contribution in [2.45, 2.75) is 25.9 Å². The first-order valence-electron chi connectivity index (χ1n) is 10.3. The molecule has 0 saturated heterocycles. The van der Waals surface area contributed by atoms with Gasteiger partial charge in [-0.25, -0.2) is 4.79 Å². The standard InChI is InChI=1S/C24H23N3O5S/c1-14-21(24(28)32-12-19(31-3)16-7-5-4-6-8-16)22(23(27(29)30)15(2)26-14)18-13-33-20-9-10-25-11-17(18)20/h4-11,13,19,22,26H,12H2,1-3H3. The Kier molecular flexibility index (Phi) is 6.52. The molecule has 0 aliphatic carbocycles. The van der Waals surface area contributed by atoms with Crippen molar-refractivity contribution in [2.24, 2.45) is 0 Å². The molecule has 3 heterocycles. The van der Waals surface area contributed by atoms with Gasteiger partial charge in [-0.05, 0) is 36.4 Å². The van der Waals surface area contributed by atoms with Gasteiger partial charge in [-0.1, -0.05) is 30.3 Å². The molecule has 2 aromatic heterocycles. The minimum atomic E-state index is -0.885. The van der Waals surface area contributed by atoms with Crippen molar-refractivity contribution >= 4 is 27.4 Å². The third-order valence-electron chi connectivity index (χ3n) is 5.68. The number of rotatable bonds is 7. The van der Waals surface area contributed by atoms with Crippen molar-refractivity contribution in [2.75, 3.05) is 13.7 Å². The van der Waals surface area contributed by atoms with Crippen molar-refractivity contribution in [1.29, 1.82) is 0 Å². The van der Waals surface area contributed by atoms with Crippen molar-refractivity contribution in [3.05, 3.63) is 98.1 Å². The van der Waals surface area contributed by atoms with Crippen LogP contribution in [0.4, 0.5) is 0 Å². The van der Waals surface area contributed by atoms with Crippen molar-refractivity contribution < 1.29 is 19.2 Å². The van der Waals surface area contributed by atoms with Crippen LogP contribution < -0.4 is 5.32 Å². The fourth-order valence-corrected chi connectivity index (χ4v) is 5.06. The highest BCUT2D eigenvalue weighted by atomic mass is 32.1. The summed E-state index contributed by atoms with van der Waals surface area (Å²) in [5.74, 6) is -1.51. The maximum absolute atomic E-state index is 13.3. The lowest BCUT2D eigenvalue weighted by molar-refractivity contribution is -0.431. The normalized spacial score (nSPS) is 17.1. The molecule has 33 heavy (non-hydrogen) atoms. The van der Waals surface area contributed by atoms with E-state index in [-0.39, 0.29) is 17.9 Å². The van der Waals surface area contributed by atoms with Crippen LogP contribution in [0.5, 0.6) is 0 Å². The van der Waals surface area contributed by atoms with Crippen LogP contribution in [0.15, 0.2) is 76.8 Å². The number of ether oxygens (including phenoxy) is 2. The van der Waals surface area contributed by atoms with E-state index in [4.69, 9.17) is 9.47 Å². The molecule has 4 rings (SSSR count). The summed E-state index contributed by atoms with van der Waals surface area (Å²) in [6.07, 6.45) is 2.89. The number of nitrogens with one attached hydrogen (secondary N) is 1. The van der Waals surface area contributed by atoms with Gasteiger partial charge in [0.1, 0.15) is 18.6 Å². The number of aromatic nitrogens is 1. The van der Waals surface area contributed by atoms with Crippen molar-refractivity contribution in [1.82, 2.24) is 10.3 Å². The van der Waals surface area contributed by atoms with Gasteiger partial charge >= 0.3 is 5.97 Å². The zero-order valence-corrected chi connectivity index (χ0v) is 19.2. The Labute approximate surface area is 194 Å². The molecular formula is C24H23N3O5S. The first-order chi connectivity index (χ1) is 15.9. The van der Waals surface area contributed by atoms with E-state index >= 15 is 0 Å². The number of benzene rings is 1. The molecular weight excluding hydrogens is 442 g/mol. The van der Waals surface area contributed by atoms with E-state index < -0.39 is 22.9 Å². The van der Waals surface area contributed by atoms with Crippen LogP contribution in [0.3, 0.4) is 0 Å². The second kappa shape index (κ2) is 9.51. The zero-order valence-electron chi connectivity index (χ0n) is 18.4. The van der Waals surface area contributed by atoms with Crippen LogP contribution in [0.2, 0.25) is 0 Å². The molecule has 0 spiro atoms.